The first-order chi connectivity index (χ1) is 8.73. The van der Waals surface area contributed by atoms with Gasteiger partial charge in [0.15, 0.2) is 0 Å². The number of hydrogen-bond donors (Lipinski definition) is 0. The number of alkyl halides is 1. The first-order valence-electron chi connectivity index (χ1n) is 6.85. The summed E-state index contributed by atoms with van der Waals surface area (Å²) in [5, 5.41) is 0. The lowest BCUT2D eigenvalue weighted by molar-refractivity contribution is 0.199. The highest BCUT2D eigenvalue weighted by atomic mass is 35.5. The highest BCUT2D eigenvalue weighted by Crippen LogP contribution is 2.38. The van der Waals surface area contributed by atoms with E-state index in [1.54, 1.807) is 6.20 Å². The average molecular weight is 268 g/mol. The summed E-state index contributed by atoms with van der Waals surface area (Å²) in [6.45, 7) is 6.82. The second-order valence-electron chi connectivity index (χ2n) is 5.19. The fraction of sp³-hybridized carbons (Fsp3) is 0.714. The molecule has 0 amide bonds. The van der Waals surface area contributed by atoms with Crippen LogP contribution in [0.2, 0.25) is 0 Å². The van der Waals surface area contributed by atoms with Gasteiger partial charge in [0.25, 0.3) is 0 Å². The predicted molar refractivity (Wildman–Crippen MR) is 76.1 cm³/mol. The molecule has 0 aromatic carbocycles. The molecule has 2 heterocycles. The van der Waals surface area contributed by atoms with Crippen molar-refractivity contribution in [3.63, 3.8) is 0 Å². The minimum atomic E-state index is 0.433. The van der Waals surface area contributed by atoms with Gasteiger partial charge in [-0.15, -0.1) is 11.6 Å². The number of aromatic nitrogens is 2. The molecule has 0 radical (unpaired) electrons. The molecule has 0 bridgehead atoms. The van der Waals surface area contributed by atoms with E-state index in [1.807, 2.05) is 6.20 Å². The van der Waals surface area contributed by atoms with E-state index < -0.39 is 0 Å². The average Bonchev–Trinajstić information content (AvgIpc) is 2.47. The number of nitrogens with zero attached hydrogens (tertiary/aromatic N) is 3. The second kappa shape index (κ2) is 5.87. The zero-order chi connectivity index (χ0) is 13.0. The molecule has 1 fully saturated rings. The molecule has 1 aromatic heterocycles. The molecular weight excluding hydrogens is 246 g/mol. The third kappa shape index (κ3) is 2.77. The molecule has 4 heteroatoms. The van der Waals surface area contributed by atoms with E-state index in [0.29, 0.717) is 11.3 Å². The van der Waals surface area contributed by atoms with Crippen LogP contribution in [0.3, 0.4) is 0 Å². The SMILES string of the molecule is CCC1(CC)CCN(c2cnc(CCl)cn2)CC1. The monoisotopic (exact) mass is 267 g/mol. The quantitative estimate of drug-likeness (QED) is 0.780. The number of piperidine rings is 1. The van der Waals surface area contributed by atoms with Gasteiger partial charge in [-0.3, -0.25) is 4.98 Å². The van der Waals surface area contributed by atoms with Crippen LogP contribution in [0.1, 0.15) is 45.2 Å². The molecule has 100 valence electrons. The largest absolute Gasteiger partial charge is 0.355 e. The van der Waals surface area contributed by atoms with Crippen molar-refractivity contribution in [3.8, 4) is 0 Å². The Morgan fingerprint density at radius 2 is 1.83 bits per heavy atom. The molecule has 1 aromatic rings. The second-order valence-corrected chi connectivity index (χ2v) is 5.46. The van der Waals surface area contributed by atoms with Gasteiger partial charge in [-0.1, -0.05) is 26.7 Å². The van der Waals surface area contributed by atoms with Crippen molar-refractivity contribution in [1.82, 2.24) is 9.97 Å². The molecular formula is C14H22ClN3. The van der Waals surface area contributed by atoms with Crippen molar-refractivity contribution >= 4 is 17.4 Å². The Morgan fingerprint density at radius 1 is 1.17 bits per heavy atom. The first-order valence-corrected chi connectivity index (χ1v) is 7.38. The summed E-state index contributed by atoms with van der Waals surface area (Å²) in [6, 6.07) is 0. The van der Waals surface area contributed by atoms with Gasteiger partial charge >= 0.3 is 0 Å². The maximum absolute atomic E-state index is 5.72. The van der Waals surface area contributed by atoms with Crippen LogP contribution in [-0.4, -0.2) is 23.1 Å². The third-order valence-electron chi connectivity index (χ3n) is 4.48. The molecule has 0 N–H and O–H groups in total. The van der Waals surface area contributed by atoms with Crippen molar-refractivity contribution < 1.29 is 0 Å². The number of rotatable bonds is 4. The molecule has 18 heavy (non-hydrogen) atoms. The highest BCUT2D eigenvalue weighted by Gasteiger charge is 2.31. The van der Waals surface area contributed by atoms with Gasteiger partial charge in [-0.2, -0.15) is 0 Å². The van der Waals surface area contributed by atoms with Crippen molar-refractivity contribution in [2.45, 2.75) is 45.4 Å². The lowest BCUT2D eigenvalue weighted by Crippen LogP contribution is -2.40. The molecule has 1 aliphatic heterocycles. The Balaban J connectivity index is 2.00. The molecule has 1 saturated heterocycles. The summed E-state index contributed by atoms with van der Waals surface area (Å²) in [6.07, 6.45) is 8.73. The Morgan fingerprint density at radius 3 is 2.28 bits per heavy atom. The van der Waals surface area contributed by atoms with E-state index >= 15 is 0 Å². The first kappa shape index (κ1) is 13.6. The van der Waals surface area contributed by atoms with E-state index in [-0.39, 0.29) is 0 Å². The van der Waals surface area contributed by atoms with E-state index in [1.165, 1.54) is 25.7 Å². The van der Waals surface area contributed by atoms with Crippen molar-refractivity contribution in [2.24, 2.45) is 5.41 Å². The molecule has 2 rings (SSSR count). The summed E-state index contributed by atoms with van der Waals surface area (Å²) < 4.78 is 0. The highest BCUT2D eigenvalue weighted by molar-refractivity contribution is 6.16. The number of hydrogen-bond acceptors (Lipinski definition) is 3. The van der Waals surface area contributed by atoms with E-state index in [2.05, 4.69) is 28.7 Å². The molecule has 0 saturated carbocycles. The smallest absolute Gasteiger partial charge is 0.147 e. The van der Waals surface area contributed by atoms with E-state index in [0.717, 1.165) is 24.6 Å². The van der Waals surface area contributed by atoms with Crippen LogP contribution in [0, 0.1) is 5.41 Å². The van der Waals surface area contributed by atoms with Gasteiger partial charge in [-0.25, -0.2) is 4.98 Å². The molecule has 0 atom stereocenters. The molecule has 0 unspecified atom stereocenters. The van der Waals surface area contributed by atoms with Crippen molar-refractivity contribution in [3.05, 3.63) is 18.1 Å². The Hall–Kier alpha value is -0.830. The fourth-order valence-electron chi connectivity index (χ4n) is 2.75. The summed E-state index contributed by atoms with van der Waals surface area (Å²) >= 11 is 5.72. The molecule has 0 aliphatic carbocycles. The van der Waals surface area contributed by atoms with Gasteiger partial charge in [0.1, 0.15) is 5.82 Å². The normalized spacial score (nSPS) is 18.9. The zero-order valence-electron chi connectivity index (χ0n) is 11.3. The summed E-state index contributed by atoms with van der Waals surface area (Å²) in [4.78, 5) is 11.1. The van der Waals surface area contributed by atoms with Crippen LogP contribution in [0.25, 0.3) is 0 Å². The Labute approximate surface area is 115 Å². The molecule has 0 spiro atoms. The maximum Gasteiger partial charge on any atom is 0.147 e. The van der Waals surface area contributed by atoms with Crippen molar-refractivity contribution in [2.75, 3.05) is 18.0 Å². The molecule has 3 nitrogen and oxygen atoms in total. The topological polar surface area (TPSA) is 29.0 Å². The lowest BCUT2D eigenvalue weighted by Gasteiger charge is -2.41. The Kier molecular flexibility index (Phi) is 4.44. The van der Waals surface area contributed by atoms with Gasteiger partial charge in [0.05, 0.1) is 24.0 Å². The van der Waals surface area contributed by atoms with Crippen LogP contribution in [0.15, 0.2) is 12.4 Å². The van der Waals surface area contributed by atoms with Gasteiger partial charge in [-0.05, 0) is 18.3 Å². The zero-order valence-corrected chi connectivity index (χ0v) is 12.1. The summed E-state index contributed by atoms with van der Waals surface area (Å²) in [5.74, 6) is 1.42. The third-order valence-corrected chi connectivity index (χ3v) is 4.75. The van der Waals surface area contributed by atoms with Crippen LogP contribution in [-0.2, 0) is 5.88 Å². The standard InChI is InChI=1S/C14H22ClN3/c1-3-14(4-2)5-7-18(8-6-14)13-11-16-12(9-15)10-17-13/h10-11H,3-9H2,1-2H3. The maximum atomic E-state index is 5.72. The van der Waals surface area contributed by atoms with E-state index in [9.17, 15) is 0 Å². The van der Waals surface area contributed by atoms with Crippen LogP contribution in [0.5, 0.6) is 0 Å². The van der Waals surface area contributed by atoms with Gasteiger partial charge in [0.2, 0.25) is 0 Å². The van der Waals surface area contributed by atoms with Gasteiger partial charge in [0, 0.05) is 13.1 Å². The number of anilines is 1. The fourth-order valence-corrected chi connectivity index (χ4v) is 2.89. The van der Waals surface area contributed by atoms with Crippen molar-refractivity contribution in [1.29, 1.82) is 0 Å². The predicted octanol–water partition coefficient (Wildman–Crippen LogP) is 3.62. The van der Waals surface area contributed by atoms with Gasteiger partial charge < -0.3 is 4.90 Å². The van der Waals surface area contributed by atoms with Crippen LogP contribution >= 0.6 is 11.6 Å². The summed E-state index contributed by atoms with van der Waals surface area (Å²) in [5.41, 5.74) is 1.40. The van der Waals surface area contributed by atoms with E-state index in [4.69, 9.17) is 11.6 Å². The number of halogens is 1. The minimum absolute atomic E-state index is 0.433. The minimum Gasteiger partial charge on any atom is -0.355 e. The molecule has 1 aliphatic rings. The summed E-state index contributed by atoms with van der Waals surface area (Å²) in [7, 11) is 0. The Bertz CT molecular complexity index is 363. The van der Waals surface area contributed by atoms with Crippen LogP contribution in [0.4, 0.5) is 5.82 Å². The lowest BCUT2D eigenvalue weighted by atomic mass is 9.74. The van der Waals surface area contributed by atoms with Crippen LogP contribution < -0.4 is 4.90 Å².